The van der Waals surface area contributed by atoms with E-state index in [1.54, 1.807) is 43.3 Å². The predicted octanol–water partition coefficient (Wildman–Crippen LogP) is 5.08. The third-order valence-corrected chi connectivity index (χ3v) is 7.38. The largest absolute Gasteiger partial charge is 0.496 e. The van der Waals surface area contributed by atoms with Gasteiger partial charge in [0.2, 0.25) is 0 Å². The van der Waals surface area contributed by atoms with Crippen molar-refractivity contribution in [2.24, 2.45) is 0 Å². The normalized spacial score (nSPS) is 18.8. The molecule has 0 unspecified atom stereocenters. The van der Waals surface area contributed by atoms with Crippen molar-refractivity contribution >= 4 is 56.6 Å². The number of halogens is 2. The highest BCUT2D eigenvalue weighted by molar-refractivity contribution is 9.10. The number of benzene rings is 3. The Kier molecular flexibility index (Phi) is 5.80. The Morgan fingerprint density at radius 2 is 1.72 bits per heavy atom. The number of ether oxygens (including phenoxy) is 1. The number of carbonyl (C=O) groups is 3. The number of β-lactam (4-membered cyclic amide) rings is 1. The fraction of sp³-hybridized carbons (Fsp3) is 0.160. The molecule has 11 heteroatoms. The lowest BCUT2D eigenvalue weighted by Gasteiger charge is -2.50. The smallest absolute Gasteiger partial charge is 0.282 e. The van der Waals surface area contributed by atoms with Crippen molar-refractivity contribution in [2.45, 2.75) is 19.0 Å². The Morgan fingerprint density at radius 3 is 2.42 bits per heavy atom. The van der Waals surface area contributed by atoms with E-state index in [4.69, 9.17) is 16.3 Å². The molecule has 0 aliphatic carbocycles. The van der Waals surface area contributed by atoms with Crippen LogP contribution in [0.25, 0.3) is 0 Å². The minimum Gasteiger partial charge on any atom is -0.496 e. The van der Waals surface area contributed by atoms with Crippen LogP contribution in [-0.2, 0) is 4.79 Å². The first-order valence-corrected chi connectivity index (χ1v) is 11.9. The number of rotatable bonds is 5. The molecule has 0 radical (unpaired) electrons. The fourth-order valence-corrected chi connectivity index (χ4v) is 5.34. The summed E-state index contributed by atoms with van der Waals surface area (Å²) in [7, 11) is 1.47. The maximum Gasteiger partial charge on any atom is 0.282 e. The Labute approximate surface area is 218 Å². The van der Waals surface area contributed by atoms with Crippen molar-refractivity contribution in [1.29, 1.82) is 0 Å². The molecule has 3 aromatic carbocycles. The molecule has 1 fully saturated rings. The summed E-state index contributed by atoms with van der Waals surface area (Å²) in [5.74, 6) is -1.74. The van der Waals surface area contributed by atoms with Crippen LogP contribution in [0.15, 0.2) is 59.1 Å². The summed E-state index contributed by atoms with van der Waals surface area (Å²) in [5, 5.41) is 12.0. The topological polar surface area (TPSA) is 110 Å². The first-order chi connectivity index (χ1) is 17.2. The lowest BCUT2D eigenvalue weighted by atomic mass is 9.85. The molecule has 2 aliphatic heterocycles. The van der Waals surface area contributed by atoms with Crippen LogP contribution in [0.4, 0.5) is 11.4 Å². The number of hydrogen-bond acceptors (Lipinski definition) is 6. The summed E-state index contributed by atoms with van der Waals surface area (Å²) in [6.07, 6.45) is 0. The Hall–Kier alpha value is -3.76. The maximum absolute atomic E-state index is 13.7. The van der Waals surface area contributed by atoms with Gasteiger partial charge in [-0.05, 0) is 48.9 Å². The third kappa shape index (κ3) is 3.40. The number of imide groups is 1. The zero-order valence-electron chi connectivity index (χ0n) is 18.9. The van der Waals surface area contributed by atoms with Gasteiger partial charge in [0.25, 0.3) is 23.4 Å². The second kappa shape index (κ2) is 8.72. The molecule has 36 heavy (non-hydrogen) atoms. The van der Waals surface area contributed by atoms with Gasteiger partial charge in [0, 0.05) is 26.8 Å². The van der Waals surface area contributed by atoms with Crippen molar-refractivity contribution in [3.05, 3.63) is 96.5 Å². The predicted molar refractivity (Wildman–Crippen MR) is 134 cm³/mol. The van der Waals surface area contributed by atoms with Crippen molar-refractivity contribution < 1.29 is 24.0 Å². The number of nitro benzene ring substituents is 1. The van der Waals surface area contributed by atoms with Crippen LogP contribution >= 0.6 is 27.5 Å². The van der Waals surface area contributed by atoms with Gasteiger partial charge in [-0.1, -0.05) is 39.7 Å². The molecule has 0 spiro atoms. The summed E-state index contributed by atoms with van der Waals surface area (Å²) in [5.41, 5.74) is 0.777. The molecule has 182 valence electrons. The van der Waals surface area contributed by atoms with Crippen LogP contribution in [-0.4, -0.2) is 40.7 Å². The summed E-state index contributed by atoms with van der Waals surface area (Å²) < 4.78 is 6.24. The molecular formula is C25H17BrClN3O6. The van der Waals surface area contributed by atoms with E-state index in [0.29, 0.717) is 32.1 Å². The van der Waals surface area contributed by atoms with Crippen molar-refractivity contribution in [2.75, 3.05) is 12.0 Å². The number of fused-ring (bicyclic) bond motifs is 1. The molecule has 3 amide bonds. The van der Waals surface area contributed by atoms with Gasteiger partial charge in [-0.25, -0.2) is 0 Å². The van der Waals surface area contributed by atoms with Gasteiger partial charge in [0.1, 0.15) is 17.4 Å². The fourth-order valence-electron chi connectivity index (χ4n) is 4.79. The Balaban J connectivity index is 1.68. The van der Waals surface area contributed by atoms with Crippen LogP contribution in [0.1, 0.15) is 37.9 Å². The SMILES string of the molecule is COc1ccc(Br)cc1[C@H]1[C@@H](N2C(=O)c3cccc([N+](=O)[O-])c3C2=O)C(=O)N1c1cccc(Cl)c1C. The molecule has 3 aromatic rings. The van der Waals surface area contributed by atoms with Gasteiger partial charge in [-0.15, -0.1) is 0 Å². The Morgan fingerprint density at radius 1 is 1.00 bits per heavy atom. The monoisotopic (exact) mass is 569 g/mol. The molecule has 2 heterocycles. The van der Waals surface area contributed by atoms with Crippen molar-refractivity contribution in [1.82, 2.24) is 4.90 Å². The number of carbonyl (C=O) groups excluding carboxylic acids is 3. The number of methoxy groups -OCH3 is 1. The molecule has 1 saturated heterocycles. The molecule has 2 atom stereocenters. The highest BCUT2D eigenvalue weighted by atomic mass is 79.9. The standard InChI is InChI=1S/C25H17BrClN3O6/c1-12-16(27)6-4-7-17(12)28-21(15-11-13(26)9-10-19(15)36-2)22(25(28)33)29-23(31)14-5-3-8-18(30(34)35)20(14)24(29)32/h3-11,21-22H,1-2H3/t21-,22+/m0/s1. The van der Waals surface area contributed by atoms with E-state index in [-0.39, 0.29) is 11.1 Å². The molecule has 9 nitrogen and oxygen atoms in total. The average molecular weight is 571 g/mol. The molecule has 2 aliphatic rings. The average Bonchev–Trinajstić information content (AvgIpc) is 3.10. The van der Waals surface area contributed by atoms with Crippen molar-refractivity contribution in [3.63, 3.8) is 0 Å². The van der Waals surface area contributed by atoms with Crippen molar-refractivity contribution in [3.8, 4) is 5.75 Å². The minimum absolute atomic E-state index is 0.112. The number of hydrogen-bond donors (Lipinski definition) is 0. The van der Waals surface area contributed by atoms with Gasteiger partial charge in [0.05, 0.1) is 23.6 Å². The quantitative estimate of drug-likeness (QED) is 0.183. The number of nitro groups is 1. The first-order valence-electron chi connectivity index (χ1n) is 10.7. The number of anilines is 1. The van der Waals surface area contributed by atoms with Crippen LogP contribution in [0.5, 0.6) is 5.75 Å². The second-order valence-corrected chi connectivity index (χ2v) is 9.63. The summed E-state index contributed by atoms with van der Waals surface area (Å²) in [6.45, 7) is 1.76. The van der Waals surface area contributed by atoms with E-state index in [0.717, 1.165) is 11.0 Å². The van der Waals surface area contributed by atoms with Gasteiger partial charge in [-0.2, -0.15) is 0 Å². The maximum atomic E-state index is 13.7. The molecule has 5 rings (SSSR count). The van der Waals surface area contributed by atoms with E-state index in [1.165, 1.54) is 24.1 Å². The van der Waals surface area contributed by atoms with Gasteiger partial charge >= 0.3 is 0 Å². The highest BCUT2D eigenvalue weighted by Gasteiger charge is 2.59. The zero-order chi connectivity index (χ0) is 25.9. The third-order valence-electron chi connectivity index (χ3n) is 6.48. The second-order valence-electron chi connectivity index (χ2n) is 8.31. The van der Waals surface area contributed by atoms with Gasteiger partial charge in [0.15, 0.2) is 0 Å². The highest BCUT2D eigenvalue weighted by Crippen LogP contribution is 2.49. The lowest BCUT2D eigenvalue weighted by molar-refractivity contribution is -0.385. The summed E-state index contributed by atoms with van der Waals surface area (Å²) in [4.78, 5) is 53.6. The summed E-state index contributed by atoms with van der Waals surface area (Å²) >= 11 is 9.77. The van der Waals surface area contributed by atoms with Gasteiger partial charge < -0.3 is 4.74 Å². The van der Waals surface area contributed by atoms with Crippen LogP contribution in [0.2, 0.25) is 5.02 Å². The van der Waals surface area contributed by atoms with E-state index in [1.807, 2.05) is 0 Å². The molecular weight excluding hydrogens is 554 g/mol. The molecule has 0 bridgehead atoms. The number of nitrogens with zero attached hydrogens (tertiary/aromatic N) is 3. The lowest BCUT2D eigenvalue weighted by Crippen LogP contribution is -2.67. The van der Waals surface area contributed by atoms with E-state index < -0.39 is 40.4 Å². The minimum atomic E-state index is -1.25. The summed E-state index contributed by atoms with van der Waals surface area (Å²) in [6, 6.07) is 12.1. The van der Waals surface area contributed by atoms with Crippen LogP contribution < -0.4 is 9.64 Å². The van der Waals surface area contributed by atoms with Crippen LogP contribution in [0.3, 0.4) is 0 Å². The Bertz CT molecular complexity index is 1490. The van der Waals surface area contributed by atoms with E-state index in [9.17, 15) is 24.5 Å². The van der Waals surface area contributed by atoms with E-state index >= 15 is 0 Å². The number of amides is 3. The molecule has 0 saturated carbocycles. The van der Waals surface area contributed by atoms with Gasteiger partial charge in [-0.3, -0.25) is 34.3 Å². The van der Waals surface area contributed by atoms with Crippen LogP contribution in [0, 0.1) is 17.0 Å². The van der Waals surface area contributed by atoms with E-state index in [2.05, 4.69) is 15.9 Å². The zero-order valence-corrected chi connectivity index (χ0v) is 21.2. The molecule has 0 N–H and O–H groups in total. The first kappa shape index (κ1) is 24.0. The molecule has 0 aromatic heterocycles.